The van der Waals surface area contributed by atoms with Crippen LogP contribution in [-0.4, -0.2) is 16.8 Å². The van der Waals surface area contributed by atoms with Crippen LogP contribution in [-0.2, 0) is 24.2 Å². The smallest absolute Gasteiger partial charge is 0.0753 e. The van der Waals surface area contributed by atoms with Crippen LogP contribution in [0.2, 0.25) is 0 Å². The highest BCUT2D eigenvalue weighted by atomic mass is 16.5. The number of fused-ring (bicyclic) bond motifs is 1. The molecule has 3 nitrogen and oxygen atoms in total. The first-order valence-corrected chi connectivity index (χ1v) is 5.60. The zero-order chi connectivity index (χ0) is 10.8. The van der Waals surface area contributed by atoms with Gasteiger partial charge in [0.1, 0.15) is 0 Å². The second kappa shape index (κ2) is 4.10. The highest BCUT2D eigenvalue weighted by Crippen LogP contribution is 2.20. The molecular formula is C13H14N2O. The first kappa shape index (κ1) is 9.60. The zero-order valence-corrected chi connectivity index (χ0v) is 9.07. The molecule has 1 aromatic carbocycles. The van der Waals surface area contributed by atoms with E-state index in [-0.39, 0.29) is 0 Å². The fourth-order valence-corrected chi connectivity index (χ4v) is 2.11. The van der Waals surface area contributed by atoms with Gasteiger partial charge in [0.05, 0.1) is 18.9 Å². The second-order valence-electron chi connectivity index (χ2n) is 4.09. The third-order valence-corrected chi connectivity index (χ3v) is 3.00. The Kier molecular flexibility index (Phi) is 2.46. The molecule has 0 aliphatic carbocycles. The van der Waals surface area contributed by atoms with Crippen LogP contribution >= 0.6 is 0 Å². The van der Waals surface area contributed by atoms with Crippen molar-refractivity contribution < 1.29 is 4.74 Å². The summed E-state index contributed by atoms with van der Waals surface area (Å²) in [7, 11) is 0. The molecule has 0 atom stereocenters. The maximum absolute atomic E-state index is 5.47. The van der Waals surface area contributed by atoms with Crippen LogP contribution in [0.5, 0.6) is 0 Å². The molecule has 0 amide bonds. The van der Waals surface area contributed by atoms with Crippen molar-refractivity contribution in [2.75, 3.05) is 6.61 Å². The molecule has 0 unspecified atom stereocenters. The lowest BCUT2D eigenvalue weighted by Crippen LogP contribution is -2.09. The number of aromatic amines is 1. The molecule has 82 valence electrons. The van der Waals surface area contributed by atoms with Gasteiger partial charge in [-0.25, -0.2) is 0 Å². The Balaban J connectivity index is 1.88. The van der Waals surface area contributed by atoms with Crippen molar-refractivity contribution in [2.24, 2.45) is 0 Å². The zero-order valence-electron chi connectivity index (χ0n) is 9.07. The summed E-state index contributed by atoms with van der Waals surface area (Å²) in [6.07, 6.45) is 1.84. The van der Waals surface area contributed by atoms with Crippen molar-refractivity contribution in [1.82, 2.24) is 10.2 Å². The molecule has 0 saturated carbocycles. The number of nitrogens with one attached hydrogen (secondary N) is 1. The SMILES string of the molecule is c1ccc(Cc2n[nH]c3c2COCC3)cc1. The van der Waals surface area contributed by atoms with Gasteiger partial charge in [-0.1, -0.05) is 30.3 Å². The van der Waals surface area contributed by atoms with E-state index in [1.54, 1.807) is 0 Å². The summed E-state index contributed by atoms with van der Waals surface area (Å²) < 4.78 is 5.47. The number of H-pyrrole nitrogens is 1. The Labute approximate surface area is 94.5 Å². The average Bonchev–Trinajstić information content (AvgIpc) is 2.74. The summed E-state index contributed by atoms with van der Waals surface area (Å²) in [4.78, 5) is 0. The van der Waals surface area contributed by atoms with Gasteiger partial charge in [0.15, 0.2) is 0 Å². The first-order valence-electron chi connectivity index (χ1n) is 5.60. The molecule has 16 heavy (non-hydrogen) atoms. The first-order chi connectivity index (χ1) is 7.93. The van der Waals surface area contributed by atoms with Gasteiger partial charge in [-0.05, 0) is 5.56 Å². The predicted octanol–water partition coefficient (Wildman–Crippen LogP) is 2.07. The van der Waals surface area contributed by atoms with Gasteiger partial charge in [-0.2, -0.15) is 5.10 Å². The van der Waals surface area contributed by atoms with Crippen molar-refractivity contribution in [1.29, 1.82) is 0 Å². The molecule has 0 fully saturated rings. The molecule has 3 heteroatoms. The van der Waals surface area contributed by atoms with Crippen molar-refractivity contribution >= 4 is 0 Å². The lowest BCUT2D eigenvalue weighted by Gasteiger charge is -2.12. The summed E-state index contributed by atoms with van der Waals surface area (Å²) in [5.41, 5.74) is 4.93. The number of hydrogen-bond acceptors (Lipinski definition) is 2. The molecule has 1 aliphatic rings. The lowest BCUT2D eigenvalue weighted by molar-refractivity contribution is 0.109. The van der Waals surface area contributed by atoms with Crippen LogP contribution in [0.1, 0.15) is 22.5 Å². The Bertz CT molecular complexity index is 476. The van der Waals surface area contributed by atoms with Crippen LogP contribution in [0.15, 0.2) is 30.3 Å². The maximum atomic E-state index is 5.47. The summed E-state index contributed by atoms with van der Waals surface area (Å²) in [6, 6.07) is 10.4. The Morgan fingerprint density at radius 3 is 3.00 bits per heavy atom. The Morgan fingerprint density at radius 2 is 2.12 bits per heavy atom. The number of hydrogen-bond donors (Lipinski definition) is 1. The largest absolute Gasteiger partial charge is 0.376 e. The van der Waals surface area contributed by atoms with Gasteiger partial charge in [0.2, 0.25) is 0 Å². The Morgan fingerprint density at radius 1 is 1.25 bits per heavy atom. The van der Waals surface area contributed by atoms with E-state index in [4.69, 9.17) is 4.74 Å². The van der Waals surface area contributed by atoms with Gasteiger partial charge >= 0.3 is 0 Å². The third-order valence-electron chi connectivity index (χ3n) is 3.00. The normalized spacial score (nSPS) is 14.8. The number of ether oxygens (including phenoxy) is 1. The lowest BCUT2D eigenvalue weighted by atomic mass is 10.0. The molecule has 2 heterocycles. The highest BCUT2D eigenvalue weighted by Gasteiger charge is 2.16. The molecule has 0 spiro atoms. The van der Waals surface area contributed by atoms with E-state index in [2.05, 4.69) is 34.5 Å². The molecule has 0 bridgehead atoms. The van der Waals surface area contributed by atoms with E-state index in [9.17, 15) is 0 Å². The molecule has 3 rings (SSSR count). The summed E-state index contributed by atoms with van der Waals surface area (Å²) >= 11 is 0. The second-order valence-corrected chi connectivity index (χ2v) is 4.09. The average molecular weight is 214 g/mol. The molecular weight excluding hydrogens is 200 g/mol. The topological polar surface area (TPSA) is 37.9 Å². The minimum atomic E-state index is 0.702. The highest BCUT2D eigenvalue weighted by molar-refractivity contribution is 5.31. The summed E-state index contributed by atoms with van der Waals surface area (Å²) in [5, 5.41) is 7.50. The fraction of sp³-hybridized carbons (Fsp3) is 0.308. The minimum absolute atomic E-state index is 0.702. The van der Waals surface area contributed by atoms with Crippen LogP contribution in [0.4, 0.5) is 0 Å². The summed E-state index contributed by atoms with van der Waals surface area (Å²) in [5.74, 6) is 0. The van der Waals surface area contributed by atoms with E-state index in [1.165, 1.54) is 16.8 Å². The van der Waals surface area contributed by atoms with Crippen molar-refractivity contribution in [3.63, 3.8) is 0 Å². The molecule has 0 radical (unpaired) electrons. The van der Waals surface area contributed by atoms with Crippen LogP contribution in [0.25, 0.3) is 0 Å². The molecule has 2 aromatic rings. The van der Waals surface area contributed by atoms with Crippen molar-refractivity contribution in [2.45, 2.75) is 19.4 Å². The van der Waals surface area contributed by atoms with Crippen LogP contribution in [0.3, 0.4) is 0 Å². The standard InChI is InChI=1S/C13H14N2O/c1-2-4-10(5-3-1)8-13-11-9-16-7-6-12(11)14-15-13/h1-5H,6-9H2,(H,14,15). The van der Waals surface area contributed by atoms with Gasteiger partial charge in [-0.15, -0.1) is 0 Å². The van der Waals surface area contributed by atoms with E-state index >= 15 is 0 Å². The third kappa shape index (κ3) is 1.74. The minimum Gasteiger partial charge on any atom is -0.376 e. The van der Waals surface area contributed by atoms with Crippen LogP contribution in [0, 0.1) is 0 Å². The maximum Gasteiger partial charge on any atom is 0.0753 e. The predicted molar refractivity (Wildman–Crippen MR) is 61.2 cm³/mol. The van der Waals surface area contributed by atoms with Gasteiger partial charge in [0.25, 0.3) is 0 Å². The number of benzene rings is 1. The van der Waals surface area contributed by atoms with E-state index < -0.39 is 0 Å². The van der Waals surface area contributed by atoms with Gasteiger partial charge in [0, 0.05) is 24.1 Å². The van der Waals surface area contributed by atoms with E-state index in [1.807, 2.05) is 6.07 Å². The molecule has 1 N–H and O–H groups in total. The monoisotopic (exact) mass is 214 g/mol. The molecule has 0 saturated heterocycles. The Hall–Kier alpha value is -1.61. The quantitative estimate of drug-likeness (QED) is 0.831. The van der Waals surface area contributed by atoms with Gasteiger partial charge in [-0.3, -0.25) is 5.10 Å². The van der Waals surface area contributed by atoms with E-state index in [0.717, 1.165) is 25.1 Å². The number of rotatable bonds is 2. The summed E-state index contributed by atoms with van der Waals surface area (Å²) in [6.45, 7) is 1.51. The van der Waals surface area contributed by atoms with Crippen LogP contribution < -0.4 is 0 Å². The van der Waals surface area contributed by atoms with Gasteiger partial charge < -0.3 is 4.74 Å². The molecule has 1 aliphatic heterocycles. The number of aromatic nitrogens is 2. The van der Waals surface area contributed by atoms with Crippen molar-refractivity contribution in [3.05, 3.63) is 52.8 Å². The molecule has 1 aromatic heterocycles. The van der Waals surface area contributed by atoms with E-state index in [0.29, 0.717) is 6.61 Å². The fourth-order valence-electron chi connectivity index (χ4n) is 2.11. The van der Waals surface area contributed by atoms with Crippen molar-refractivity contribution in [3.8, 4) is 0 Å². The number of nitrogens with zero attached hydrogens (tertiary/aromatic N) is 1.